The Morgan fingerprint density at radius 2 is 2.13 bits per heavy atom. The molecule has 154 valence electrons. The molecule has 8 heteroatoms. The van der Waals surface area contributed by atoms with Crippen LogP contribution in [-0.4, -0.2) is 42.5 Å². The summed E-state index contributed by atoms with van der Waals surface area (Å²) in [6.45, 7) is 1.05. The molecule has 3 rings (SSSR count). The second-order valence-corrected chi connectivity index (χ2v) is 6.86. The topological polar surface area (TPSA) is 110 Å². The van der Waals surface area contributed by atoms with Crippen LogP contribution in [0.15, 0.2) is 64.7 Å². The molecular formula is C22H22N4O3S. The van der Waals surface area contributed by atoms with Crippen molar-refractivity contribution in [3.63, 3.8) is 0 Å². The summed E-state index contributed by atoms with van der Waals surface area (Å²) in [7, 11) is 1.62. The van der Waals surface area contributed by atoms with Gasteiger partial charge in [-0.2, -0.15) is 0 Å². The Kier molecular flexibility index (Phi) is 7.05. The third kappa shape index (κ3) is 4.79. The summed E-state index contributed by atoms with van der Waals surface area (Å²) in [6, 6.07) is 12.4. The third-order valence-corrected chi connectivity index (χ3v) is 4.77. The van der Waals surface area contributed by atoms with Crippen molar-refractivity contribution in [2.45, 2.75) is 4.90 Å². The maximum Gasteiger partial charge on any atom is 0.337 e. The van der Waals surface area contributed by atoms with E-state index in [9.17, 15) is 9.90 Å². The van der Waals surface area contributed by atoms with Crippen LogP contribution in [0.25, 0.3) is 16.5 Å². The maximum atomic E-state index is 11.6. The predicted molar refractivity (Wildman–Crippen MR) is 123 cm³/mol. The molecule has 2 aromatic carbocycles. The molecule has 0 aliphatic carbocycles. The quantitative estimate of drug-likeness (QED) is 0.248. The normalized spacial score (nSPS) is 11.9. The number of nitrogens with one attached hydrogen (secondary N) is 1. The van der Waals surface area contributed by atoms with Gasteiger partial charge in [-0.15, -0.1) is 12.6 Å². The molecule has 0 saturated carbocycles. The number of carbonyl (C=O) groups is 1. The molecule has 4 N–H and O–H groups in total. The highest BCUT2D eigenvalue weighted by atomic mass is 32.1. The molecule has 0 unspecified atom stereocenters. The second-order valence-electron chi connectivity index (χ2n) is 6.38. The maximum absolute atomic E-state index is 11.6. The number of aromatic carboxylic acids is 1. The molecule has 0 atom stereocenters. The van der Waals surface area contributed by atoms with Crippen LogP contribution in [0.4, 0.5) is 11.4 Å². The smallest absolute Gasteiger partial charge is 0.337 e. The first-order chi connectivity index (χ1) is 14.5. The van der Waals surface area contributed by atoms with Gasteiger partial charge in [-0.25, -0.2) is 4.79 Å². The molecule has 1 heterocycles. The molecule has 30 heavy (non-hydrogen) atoms. The van der Waals surface area contributed by atoms with Crippen molar-refractivity contribution >= 4 is 52.7 Å². The number of fused-ring (bicyclic) bond motifs is 1. The lowest BCUT2D eigenvalue weighted by Gasteiger charge is -2.15. The van der Waals surface area contributed by atoms with E-state index < -0.39 is 5.97 Å². The van der Waals surface area contributed by atoms with Gasteiger partial charge in [-0.3, -0.25) is 9.98 Å². The minimum Gasteiger partial charge on any atom is -0.478 e. The van der Waals surface area contributed by atoms with Gasteiger partial charge < -0.3 is 20.9 Å². The number of aromatic nitrogens is 1. The molecule has 0 spiro atoms. The molecule has 0 aliphatic rings. The summed E-state index contributed by atoms with van der Waals surface area (Å²) in [5.74, 6) is -1.02. The Morgan fingerprint density at radius 1 is 1.33 bits per heavy atom. The fraction of sp³-hybridized carbons (Fsp3) is 0.136. The van der Waals surface area contributed by atoms with Crippen molar-refractivity contribution in [1.29, 1.82) is 0 Å². The van der Waals surface area contributed by atoms with Crippen LogP contribution in [-0.2, 0) is 4.74 Å². The molecule has 0 bridgehead atoms. The standard InChI is InChI=1S/C22H22N4O3S/c1-29-9-8-24-12-15(11-23)14-6-7-18-17(10-14)21(20(30)13-25-18)26-19-5-3-2-4-16(19)22(27)28/h2-7,10-13,30H,8-9,23H2,1H3,(H,25,26)(H,27,28). The Hall–Kier alpha value is -3.36. The third-order valence-electron chi connectivity index (χ3n) is 4.43. The van der Waals surface area contributed by atoms with Gasteiger partial charge in [0.1, 0.15) is 0 Å². The minimum absolute atomic E-state index is 0.166. The highest BCUT2D eigenvalue weighted by Gasteiger charge is 2.13. The number of thiol groups is 1. The lowest BCUT2D eigenvalue weighted by Crippen LogP contribution is -2.03. The van der Waals surface area contributed by atoms with E-state index >= 15 is 0 Å². The van der Waals surface area contributed by atoms with Crippen LogP contribution in [0, 0.1) is 0 Å². The van der Waals surface area contributed by atoms with E-state index in [1.807, 2.05) is 18.2 Å². The molecule has 0 saturated heterocycles. The van der Waals surface area contributed by atoms with Crippen LogP contribution >= 0.6 is 12.6 Å². The average molecular weight is 423 g/mol. The number of ether oxygens (including phenoxy) is 1. The first-order valence-corrected chi connectivity index (χ1v) is 9.62. The lowest BCUT2D eigenvalue weighted by molar-refractivity contribution is 0.0698. The van der Waals surface area contributed by atoms with Gasteiger partial charge in [-0.05, 0) is 29.8 Å². The van der Waals surface area contributed by atoms with Gasteiger partial charge in [0.2, 0.25) is 0 Å². The summed E-state index contributed by atoms with van der Waals surface area (Å²) in [5.41, 5.74) is 9.43. The minimum atomic E-state index is -1.02. The highest BCUT2D eigenvalue weighted by Crippen LogP contribution is 2.33. The molecule has 0 amide bonds. The number of carboxylic acids is 1. The number of aliphatic imine (C=N–C) groups is 1. The zero-order valence-electron chi connectivity index (χ0n) is 16.4. The van der Waals surface area contributed by atoms with E-state index in [2.05, 4.69) is 27.9 Å². The number of benzene rings is 2. The first-order valence-electron chi connectivity index (χ1n) is 9.17. The van der Waals surface area contributed by atoms with Crippen LogP contribution in [0.2, 0.25) is 0 Å². The summed E-state index contributed by atoms with van der Waals surface area (Å²) in [5, 5.41) is 13.5. The van der Waals surface area contributed by atoms with Gasteiger partial charge in [-0.1, -0.05) is 18.2 Å². The number of para-hydroxylation sites is 1. The SMILES string of the molecule is COCCN=CC(=CN)c1ccc2ncc(S)c(Nc3ccccc3C(=O)O)c2c1. The number of hydrogen-bond donors (Lipinski definition) is 4. The Balaban J connectivity index is 2.05. The predicted octanol–water partition coefficient (Wildman–Crippen LogP) is 3.98. The van der Waals surface area contributed by atoms with E-state index in [1.165, 1.54) is 6.20 Å². The zero-order valence-corrected chi connectivity index (χ0v) is 17.3. The van der Waals surface area contributed by atoms with Crippen LogP contribution < -0.4 is 11.1 Å². The second kappa shape index (κ2) is 9.91. The van der Waals surface area contributed by atoms with E-state index in [0.717, 1.165) is 22.0 Å². The lowest BCUT2D eigenvalue weighted by atomic mass is 10.0. The number of anilines is 2. The van der Waals surface area contributed by atoms with Crippen molar-refractivity contribution in [1.82, 2.24) is 4.98 Å². The monoisotopic (exact) mass is 422 g/mol. The summed E-state index contributed by atoms with van der Waals surface area (Å²) < 4.78 is 5.00. The van der Waals surface area contributed by atoms with Gasteiger partial charge in [0, 0.05) is 41.6 Å². The van der Waals surface area contributed by atoms with Crippen molar-refractivity contribution < 1.29 is 14.6 Å². The van der Waals surface area contributed by atoms with Crippen molar-refractivity contribution in [3.05, 3.63) is 66.0 Å². The van der Waals surface area contributed by atoms with E-state index in [0.29, 0.717) is 29.4 Å². The van der Waals surface area contributed by atoms with E-state index in [4.69, 9.17) is 10.5 Å². The summed E-state index contributed by atoms with van der Waals surface area (Å²) >= 11 is 4.53. The van der Waals surface area contributed by atoms with E-state index in [-0.39, 0.29) is 5.56 Å². The van der Waals surface area contributed by atoms with Crippen molar-refractivity contribution in [3.8, 4) is 0 Å². The molecule has 0 fully saturated rings. The van der Waals surface area contributed by atoms with Gasteiger partial charge >= 0.3 is 5.97 Å². The molecule has 0 radical (unpaired) electrons. The molecular weight excluding hydrogens is 400 g/mol. The van der Waals surface area contributed by atoms with Gasteiger partial charge in [0.05, 0.1) is 35.6 Å². The van der Waals surface area contributed by atoms with Crippen LogP contribution in [0.5, 0.6) is 0 Å². The van der Waals surface area contributed by atoms with Crippen molar-refractivity contribution in [2.75, 3.05) is 25.6 Å². The number of hydrogen-bond acceptors (Lipinski definition) is 7. The van der Waals surface area contributed by atoms with Crippen LogP contribution in [0.1, 0.15) is 15.9 Å². The Bertz CT molecular complexity index is 1130. The Labute approximate surface area is 179 Å². The number of allylic oxidation sites excluding steroid dienone is 1. The number of carboxylic acid groups (broad SMARTS) is 1. The molecule has 0 aliphatic heterocycles. The largest absolute Gasteiger partial charge is 0.478 e. The first kappa shape index (κ1) is 21.4. The van der Waals surface area contributed by atoms with E-state index in [1.54, 1.807) is 43.8 Å². The average Bonchev–Trinajstić information content (AvgIpc) is 2.76. The number of pyridine rings is 1. The fourth-order valence-corrected chi connectivity index (χ4v) is 3.16. The van der Waals surface area contributed by atoms with Gasteiger partial charge in [0.25, 0.3) is 0 Å². The fourth-order valence-electron chi connectivity index (χ4n) is 2.93. The number of methoxy groups -OCH3 is 1. The number of rotatable bonds is 8. The number of nitrogens with two attached hydrogens (primary N) is 1. The Morgan fingerprint density at radius 3 is 2.87 bits per heavy atom. The molecule has 7 nitrogen and oxygen atoms in total. The van der Waals surface area contributed by atoms with Gasteiger partial charge in [0.15, 0.2) is 0 Å². The molecule has 1 aromatic heterocycles. The number of nitrogens with zero attached hydrogens (tertiary/aromatic N) is 2. The van der Waals surface area contributed by atoms with Crippen molar-refractivity contribution in [2.24, 2.45) is 10.7 Å². The summed E-state index contributed by atoms with van der Waals surface area (Å²) in [6.07, 6.45) is 4.82. The highest BCUT2D eigenvalue weighted by molar-refractivity contribution is 7.80. The molecule has 3 aromatic rings. The van der Waals surface area contributed by atoms with Crippen LogP contribution in [0.3, 0.4) is 0 Å². The zero-order chi connectivity index (χ0) is 21.5. The summed E-state index contributed by atoms with van der Waals surface area (Å²) in [4.78, 5) is 20.9.